The quantitative estimate of drug-likeness (QED) is 0.731. The Morgan fingerprint density at radius 2 is 1.88 bits per heavy atom. The maximum atomic E-state index is 11.4. The molecule has 0 aliphatic heterocycles. The molecule has 0 aromatic heterocycles. The van der Waals surface area contributed by atoms with E-state index in [0.29, 0.717) is 0 Å². The van der Waals surface area contributed by atoms with Crippen molar-refractivity contribution in [3.05, 3.63) is 35.9 Å². The summed E-state index contributed by atoms with van der Waals surface area (Å²) in [7, 11) is -3.51. The largest absolute Gasteiger partial charge is 0.299 e. The SMILES string of the molecule is CC(=O)C(COS(C)(=O)=O)c1ccccc1. The van der Waals surface area contributed by atoms with E-state index in [-0.39, 0.29) is 12.4 Å². The van der Waals surface area contributed by atoms with Gasteiger partial charge in [0.2, 0.25) is 0 Å². The van der Waals surface area contributed by atoms with E-state index >= 15 is 0 Å². The van der Waals surface area contributed by atoms with Crippen molar-refractivity contribution >= 4 is 15.9 Å². The van der Waals surface area contributed by atoms with Gasteiger partial charge in [-0.3, -0.25) is 8.98 Å². The fourth-order valence-corrected chi connectivity index (χ4v) is 1.71. The summed E-state index contributed by atoms with van der Waals surface area (Å²) < 4.78 is 26.4. The van der Waals surface area contributed by atoms with Crippen molar-refractivity contribution in [1.82, 2.24) is 0 Å². The van der Waals surface area contributed by atoms with Gasteiger partial charge in [-0.2, -0.15) is 8.42 Å². The molecule has 4 nitrogen and oxygen atoms in total. The first kappa shape index (κ1) is 12.9. The Hall–Kier alpha value is -1.20. The maximum Gasteiger partial charge on any atom is 0.264 e. The van der Waals surface area contributed by atoms with Gasteiger partial charge in [-0.15, -0.1) is 0 Å². The summed E-state index contributed by atoms with van der Waals surface area (Å²) in [6, 6.07) is 8.98. The highest BCUT2D eigenvalue weighted by Crippen LogP contribution is 2.17. The Bertz CT molecular complexity index is 450. The molecule has 1 aromatic carbocycles. The second-order valence-electron chi connectivity index (χ2n) is 3.56. The van der Waals surface area contributed by atoms with Crippen LogP contribution in [-0.4, -0.2) is 27.1 Å². The molecule has 0 radical (unpaired) electrons. The van der Waals surface area contributed by atoms with E-state index in [2.05, 4.69) is 4.18 Å². The van der Waals surface area contributed by atoms with Gasteiger partial charge in [0.05, 0.1) is 18.8 Å². The molecule has 88 valence electrons. The zero-order chi connectivity index (χ0) is 12.2. The van der Waals surface area contributed by atoms with Gasteiger partial charge >= 0.3 is 0 Å². The molecule has 0 N–H and O–H groups in total. The second kappa shape index (κ2) is 5.23. The van der Waals surface area contributed by atoms with Crippen LogP contribution in [0.25, 0.3) is 0 Å². The Kier molecular flexibility index (Phi) is 4.20. The van der Waals surface area contributed by atoms with Gasteiger partial charge in [-0.05, 0) is 12.5 Å². The lowest BCUT2D eigenvalue weighted by atomic mass is 9.97. The van der Waals surface area contributed by atoms with Crippen LogP contribution in [0.2, 0.25) is 0 Å². The fourth-order valence-electron chi connectivity index (χ4n) is 1.33. The third-order valence-corrected chi connectivity index (χ3v) is 2.71. The van der Waals surface area contributed by atoms with E-state index in [0.717, 1.165) is 11.8 Å². The maximum absolute atomic E-state index is 11.4. The molecule has 0 bridgehead atoms. The lowest BCUT2D eigenvalue weighted by Gasteiger charge is -2.13. The first-order chi connectivity index (χ1) is 7.40. The topological polar surface area (TPSA) is 60.4 Å². The molecule has 5 heteroatoms. The van der Waals surface area contributed by atoms with Gasteiger partial charge in [0.1, 0.15) is 5.78 Å². The Balaban J connectivity index is 2.81. The molecule has 1 aromatic rings. The van der Waals surface area contributed by atoms with Crippen molar-refractivity contribution < 1.29 is 17.4 Å². The lowest BCUT2D eigenvalue weighted by molar-refractivity contribution is -0.119. The first-order valence-electron chi connectivity index (χ1n) is 4.80. The fraction of sp³-hybridized carbons (Fsp3) is 0.364. The van der Waals surface area contributed by atoms with Gasteiger partial charge < -0.3 is 0 Å². The molecule has 0 amide bonds. The number of rotatable bonds is 5. The number of Topliss-reactive ketones (excluding diaryl/α,β-unsaturated/α-hetero) is 1. The third kappa shape index (κ3) is 4.12. The van der Waals surface area contributed by atoms with Gasteiger partial charge in [0, 0.05) is 0 Å². The van der Waals surface area contributed by atoms with Crippen LogP contribution < -0.4 is 0 Å². The predicted molar refractivity (Wildman–Crippen MR) is 60.7 cm³/mol. The molecule has 16 heavy (non-hydrogen) atoms. The normalized spacial score (nSPS) is 13.4. The molecule has 1 atom stereocenters. The van der Waals surface area contributed by atoms with Crippen molar-refractivity contribution in [1.29, 1.82) is 0 Å². The van der Waals surface area contributed by atoms with Gasteiger partial charge in [0.25, 0.3) is 10.1 Å². The second-order valence-corrected chi connectivity index (χ2v) is 5.21. The molecular weight excluding hydrogens is 228 g/mol. The van der Waals surface area contributed by atoms with Crippen molar-refractivity contribution in [2.75, 3.05) is 12.9 Å². The van der Waals surface area contributed by atoms with Crippen LogP contribution in [0.1, 0.15) is 18.4 Å². The molecule has 0 heterocycles. The Morgan fingerprint density at radius 3 is 2.31 bits per heavy atom. The summed E-state index contributed by atoms with van der Waals surface area (Å²) >= 11 is 0. The minimum atomic E-state index is -3.51. The Morgan fingerprint density at radius 1 is 1.31 bits per heavy atom. The monoisotopic (exact) mass is 242 g/mol. The van der Waals surface area contributed by atoms with E-state index in [1.54, 1.807) is 24.3 Å². The molecular formula is C11H14O4S. The zero-order valence-corrected chi connectivity index (χ0v) is 10.0. The van der Waals surface area contributed by atoms with Crippen LogP contribution in [0.4, 0.5) is 0 Å². The molecule has 0 saturated heterocycles. The van der Waals surface area contributed by atoms with E-state index in [9.17, 15) is 13.2 Å². The van der Waals surface area contributed by atoms with E-state index in [1.165, 1.54) is 6.92 Å². The lowest BCUT2D eigenvalue weighted by Crippen LogP contribution is -2.18. The van der Waals surface area contributed by atoms with Crippen LogP contribution >= 0.6 is 0 Å². The molecule has 0 aliphatic carbocycles. The average molecular weight is 242 g/mol. The number of ketones is 1. The summed E-state index contributed by atoms with van der Waals surface area (Å²) in [6.07, 6.45) is 0.967. The number of hydrogen-bond acceptors (Lipinski definition) is 4. The minimum absolute atomic E-state index is 0.116. The van der Waals surface area contributed by atoms with Crippen LogP contribution in [0.15, 0.2) is 30.3 Å². The van der Waals surface area contributed by atoms with Gasteiger partial charge in [-0.1, -0.05) is 30.3 Å². The van der Waals surface area contributed by atoms with E-state index in [1.807, 2.05) is 6.07 Å². The third-order valence-electron chi connectivity index (χ3n) is 2.14. The van der Waals surface area contributed by atoms with Crippen molar-refractivity contribution in [2.24, 2.45) is 0 Å². The molecule has 0 spiro atoms. The summed E-state index contributed by atoms with van der Waals surface area (Å²) in [5.74, 6) is -0.647. The zero-order valence-electron chi connectivity index (χ0n) is 9.21. The first-order valence-corrected chi connectivity index (χ1v) is 6.61. The molecule has 0 saturated carbocycles. The minimum Gasteiger partial charge on any atom is -0.299 e. The predicted octanol–water partition coefficient (Wildman–Crippen LogP) is 1.34. The molecule has 1 unspecified atom stereocenters. The summed E-state index contributed by atoms with van der Waals surface area (Å²) in [4.78, 5) is 11.4. The van der Waals surface area contributed by atoms with Crippen LogP contribution in [0, 0.1) is 0 Å². The van der Waals surface area contributed by atoms with Crippen LogP contribution in [0.5, 0.6) is 0 Å². The van der Waals surface area contributed by atoms with Gasteiger partial charge in [0.15, 0.2) is 0 Å². The number of hydrogen-bond donors (Lipinski definition) is 0. The highest BCUT2D eigenvalue weighted by atomic mass is 32.2. The average Bonchev–Trinajstić information content (AvgIpc) is 2.17. The highest BCUT2D eigenvalue weighted by Gasteiger charge is 2.18. The summed E-state index contributed by atoms with van der Waals surface area (Å²) in [6.45, 7) is 1.28. The van der Waals surface area contributed by atoms with Crippen LogP contribution in [0.3, 0.4) is 0 Å². The molecule has 0 fully saturated rings. The number of carbonyl (C=O) groups is 1. The van der Waals surface area contributed by atoms with E-state index in [4.69, 9.17) is 0 Å². The standard InChI is InChI=1S/C11H14O4S/c1-9(12)11(8-15-16(2,13)14)10-6-4-3-5-7-10/h3-7,11H,8H2,1-2H3. The summed E-state index contributed by atoms with van der Waals surface area (Å²) in [5, 5.41) is 0. The molecule has 1 rings (SSSR count). The van der Waals surface area contributed by atoms with Crippen molar-refractivity contribution in [3.63, 3.8) is 0 Å². The van der Waals surface area contributed by atoms with Crippen molar-refractivity contribution in [2.45, 2.75) is 12.8 Å². The van der Waals surface area contributed by atoms with Gasteiger partial charge in [-0.25, -0.2) is 0 Å². The highest BCUT2D eigenvalue weighted by molar-refractivity contribution is 7.85. The van der Waals surface area contributed by atoms with Crippen LogP contribution in [-0.2, 0) is 19.1 Å². The molecule has 0 aliphatic rings. The summed E-state index contributed by atoms with van der Waals surface area (Å²) in [5.41, 5.74) is 0.763. The Labute approximate surface area is 95.4 Å². The number of carbonyl (C=O) groups excluding carboxylic acids is 1. The smallest absolute Gasteiger partial charge is 0.264 e. The number of benzene rings is 1. The van der Waals surface area contributed by atoms with Crippen molar-refractivity contribution in [3.8, 4) is 0 Å². The van der Waals surface area contributed by atoms with E-state index < -0.39 is 16.0 Å².